The van der Waals surface area contributed by atoms with Crippen molar-refractivity contribution in [2.24, 2.45) is 5.73 Å². The fourth-order valence-corrected chi connectivity index (χ4v) is 0.978. The van der Waals surface area contributed by atoms with Gasteiger partial charge in [0, 0.05) is 11.1 Å². The Balaban J connectivity index is 3.74. The quantitative estimate of drug-likeness (QED) is 0.755. The predicted octanol–water partition coefficient (Wildman–Crippen LogP) is 2.84. The van der Waals surface area contributed by atoms with E-state index in [0.717, 1.165) is 12.8 Å². The van der Waals surface area contributed by atoms with Crippen LogP contribution in [0.1, 0.15) is 26.7 Å². The SMILES string of the molecule is CCC(N)(CC)COCC(Cl)=CCl. The zero-order valence-electron chi connectivity index (χ0n) is 8.15. The van der Waals surface area contributed by atoms with Crippen LogP contribution in [0.3, 0.4) is 0 Å². The molecule has 0 aliphatic rings. The van der Waals surface area contributed by atoms with E-state index in [9.17, 15) is 0 Å². The largest absolute Gasteiger partial charge is 0.374 e. The average Bonchev–Trinajstić information content (AvgIpc) is 2.17. The maximum atomic E-state index is 6.00. The van der Waals surface area contributed by atoms with Gasteiger partial charge in [0.1, 0.15) is 0 Å². The molecule has 0 aromatic rings. The summed E-state index contributed by atoms with van der Waals surface area (Å²) in [5.41, 5.74) is 7.07. The molecule has 0 saturated heterocycles. The maximum Gasteiger partial charge on any atom is 0.0832 e. The van der Waals surface area contributed by atoms with Crippen LogP contribution >= 0.6 is 23.2 Å². The fraction of sp³-hybridized carbons (Fsp3) is 0.778. The van der Waals surface area contributed by atoms with Crippen LogP contribution in [0.2, 0.25) is 0 Å². The Morgan fingerprint density at radius 2 is 2.00 bits per heavy atom. The lowest BCUT2D eigenvalue weighted by atomic mass is 9.96. The Kier molecular flexibility index (Phi) is 6.78. The highest BCUT2D eigenvalue weighted by atomic mass is 35.5. The summed E-state index contributed by atoms with van der Waals surface area (Å²) in [6.07, 6.45) is 1.79. The molecule has 0 aliphatic carbocycles. The first kappa shape index (κ1) is 13.2. The minimum atomic E-state index is -0.233. The van der Waals surface area contributed by atoms with E-state index in [1.807, 2.05) is 13.8 Å². The van der Waals surface area contributed by atoms with E-state index in [2.05, 4.69) is 0 Å². The van der Waals surface area contributed by atoms with Crippen LogP contribution in [0.25, 0.3) is 0 Å². The molecule has 13 heavy (non-hydrogen) atoms. The van der Waals surface area contributed by atoms with Crippen molar-refractivity contribution in [2.45, 2.75) is 32.2 Å². The van der Waals surface area contributed by atoms with Gasteiger partial charge in [-0.05, 0) is 12.8 Å². The number of hydrogen-bond donors (Lipinski definition) is 1. The van der Waals surface area contributed by atoms with Crippen LogP contribution in [0.4, 0.5) is 0 Å². The highest BCUT2D eigenvalue weighted by Gasteiger charge is 2.20. The highest BCUT2D eigenvalue weighted by molar-refractivity contribution is 6.36. The third-order valence-corrected chi connectivity index (χ3v) is 2.75. The fourth-order valence-electron chi connectivity index (χ4n) is 0.837. The molecule has 0 heterocycles. The molecule has 0 atom stereocenters. The van der Waals surface area contributed by atoms with Crippen molar-refractivity contribution in [1.29, 1.82) is 0 Å². The van der Waals surface area contributed by atoms with E-state index in [0.29, 0.717) is 18.2 Å². The summed E-state index contributed by atoms with van der Waals surface area (Å²) >= 11 is 11.0. The molecule has 4 heteroatoms. The zero-order chi connectivity index (χ0) is 10.3. The van der Waals surface area contributed by atoms with Crippen molar-refractivity contribution in [3.05, 3.63) is 10.6 Å². The smallest absolute Gasteiger partial charge is 0.0832 e. The molecule has 0 bridgehead atoms. The molecule has 0 aromatic carbocycles. The molecule has 0 fully saturated rings. The first-order valence-electron chi connectivity index (χ1n) is 4.39. The Bertz CT molecular complexity index is 167. The number of halogens is 2. The number of rotatable bonds is 6. The molecule has 0 radical (unpaired) electrons. The van der Waals surface area contributed by atoms with E-state index in [4.69, 9.17) is 33.7 Å². The topological polar surface area (TPSA) is 35.2 Å². The number of ether oxygens (including phenoxy) is 1. The average molecular weight is 226 g/mol. The normalized spacial score (nSPS) is 13.5. The van der Waals surface area contributed by atoms with Gasteiger partial charge in [0.2, 0.25) is 0 Å². The Hall–Kier alpha value is 0.240. The first-order valence-corrected chi connectivity index (χ1v) is 5.20. The molecule has 0 amide bonds. The first-order chi connectivity index (χ1) is 6.08. The van der Waals surface area contributed by atoms with Crippen LogP contribution in [-0.2, 0) is 4.74 Å². The summed E-state index contributed by atoms with van der Waals surface area (Å²) in [6, 6.07) is 0. The molecular weight excluding hydrogens is 209 g/mol. The second-order valence-electron chi connectivity index (χ2n) is 3.12. The van der Waals surface area contributed by atoms with Gasteiger partial charge in [-0.25, -0.2) is 0 Å². The van der Waals surface area contributed by atoms with Crippen LogP contribution < -0.4 is 5.73 Å². The van der Waals surface area contributed by atoms with Gasteiger partial charge in [0.25, 0.3) is 0 Å². The third kappa shape index (κ3) is 5.53. The Morgan fingerprint density at radius 1 is 1.46 bits per heavy atom. The predicted molar refractivity (Wildman–Crippen MR) is 58.1 cm³/mol. The summed E-state index contributed by atoms with van der Waals surface area (Å²) in [5.74, 6) is 0. The van der Waals surface area contributed by atoms with Crippen molar-refractivity contribution in [1.82, 2.24) is 0 Å². The van der Waals surface area contributed by atoms with Crippen molar-refractivity contribution in [3.63, 3.8) is 0 Å². The lowest BCUT2D eigenvalue weighted by Gasteiger charge is -2.26. The summed E-state index contributed by atoms with van der Waals surface area (Å²) in [5, 5.41) is 0.497. The number of nitrogens with two attached hydrogens (primary N) is 1. The van der Waals surface area contributed by atoms with Gasteiger partial charge in [-0.2, -0.15) is 0 Å². The van der Waals surface area contributed by atoms with Gasteiger partial charge < -0.3 is 10.5 Å². The minimum Gasteiger partial charge on any atom is -0.374 e. The summed E-state index contributed by atoms with van der Waals surface area (Å²) in [7, 11) is 0. The molecule has 0 rings (SSSR count). The standard InChI is InChI=1S/C9H17Cl2NO/c1-3-9(12,4-2)7-13-6-8(11)5-10/h5H,3-4,6-7,12H2,1-2H3. The van der Waals surface area contributed by atoms with Gasteiger partial charge >= 0.3 is 0 Å². The Labute approximate surface area is 90.0 Å². The minimum absolute atomic E-state index is 0.233. The van der Waals surface area contributed by atoms with Gasteiger partial charge in [-0.3, -0.25) is 0 Å². The molecule has 0 aliphatic heterocycles. The highest BCUT2D eigenvalue weighted by Crippen LogP contribution is 2.12. The van der Waals surface area contributed by atoms with E-state index in [-0.39, 0.29) is 5.54 Å². The number of hydrogen-bond acceptors (Lipinski definition) is 2. The van der Waals surface area contributed by atoms with Gasteiger partial charge in [0.15, 0.2) is 0 Å². The van der Waals surface area contributed by atoms with Crippen molar-refractivity contribution in [3.8, 4) is 0 Å². The molecule has 78 valence electrons. The summed E-state index contributed by atoms with van der Waals surface area (Å²) in [4.78, 5) is 0. The second-order valence-corrected chi connectivity index (χ2v) is 3.82. The Morgan fingerprint density at radius 3 is 2.38 bits per heavy atom. The van der Waals surface area contributed by atoms with Gasteiger partial charge in [-0.15, -0.1) is 0 Å². The second kappa shape index (κ2) is 6.66. The van der Waals surface area contributed by atoms with Crippen molar-refractivity contribution >= 4 is 23.2 Å². The summed E-state index contributed by atoms with van der Waals surface area (Å²) in [6.45, 7) is 4.95. The molecule has 2 N–H and O–H groups in total. The lowest BCUT2D eigenvalue weighted by molar-refractivity contribution is 0.0996. The monoisotopic (exact) mass is 225 g/mol. The molecule has 0 spiro atoms. The van der Waals surface area contributed by atoms with E-state index < -0.39 is 0 Å². The van der Waals surface area contributed by atoms with E-state index >= 15 is 0 Å². The van der Waals surface area contributed by atoms with Gasteiger partial charge in [-0.1, -0.05) is 37.0 Å². The van der Waals surface area contributed by atoms with Crippen LogP contribution in [0.15, 0.2) is 10.6 Å². The lowest BCUT2D eigenvalue weighted by Crippen LogP contribution is -2.43. The molecule has 0 aromatic heterocycles. The van der Waals surface area contributed by atoms with E-state index in [1.165, 1.54) is 5.54 Å². The van der Waals surface area contributed by atoms with Crippen LogP contribution in [0, 0.1) is 0 Å². The summed E-state index contributed by atoms with van der Waals surface area (Å²) < 4.78 is 5.32. The van der Waals surface area contributed by atoms with Crippen LogP contribution in [0.5, 0.6) is 0 Å². The zero-order valence-corrected chi connectivity index (χ0v) is 9.66. The van der Waals surface area contributed by atoms with Crippen molar-refractivity contribution < 1.29 is 4.74 Å². The van der Waals surface area contributed by atoms with E-state index in [1.54, 1.807) is 0 Å². The van der Waals surface area contributed by atoms with Crippen LogP contribution in [-0.4, -0.2) is 18.8 Å². The molecule has 0 saturated carbocycles. The third-order valence-electron chi connectivity index (χ3n) is 2.16. The molecule has 2 nitrogen and oxygen atoms in total. The van der Waals surface area contributed by atoms with Gasteiger partial charge in [0.05, 0.1) is 18.2 Å². The van der Waals surface area contributed by atoms with Crippen molar-refractivity contribution in [2.75, 3.05) is 13.2 Å². The maximum absolute atomic E-state index is 6.00. The molecular formula is C9H17Cl2NO. The molecule has 0 unspecified atom stereocenters.